The van der Waals surface area contributed by atoms with Crippen molar-refractivity contribution in [3.63, 3.8) is 0 Å². The molecule has 0 bridgehead atoms. The van der Waals surface area contributed by atoms with E-state index in [-0.39, 0.29) is 23.1 Å². The van der Waals surface area contributed by atoms with Crippen molar-refractivity contribution >= 4 is 28.9 Å². The first-order chi connectivity index (χ1) is 16.6. The summed E-state index contributed by atoms with van der Waals surface area (Å²) in [5.41, 5.74) is 3.81. The number of ketones is 1. The lowest BCUT2D eigenvalue weighted by Gasteiger charge is -2.43. The second kappa shape index (κ2) is 8.45. The lowest BCUT2D eigenvalue weighted by atomic mass is 9.80. The number of ether oxygens (including phenoxy) is 1. The van der Waals surface area contributed by atoms with Crippen molar-refractivity contribution in [3.8, 4) is 5.75 Å². The molecule has 8 heteroatoms. The maximum Gasteiger partial charge on any atom is 0.259 e. The summed E-state index contributed by atoms with van der Waals surface area (Å²) in [6.45, 7) is 11.8. The van der Waals surface area contributed by atoms with Gasteiger partial charge in [0.2, 0.25) is 5.95 Å². The molecule has 3 aliphatic heterocycles. The number of hydrogen-bond acceptors (Lipinski definition) is 7. The van der Waals surface area contributed by atoms with Crippen molar-refractivity contribution in [3.05, 3.63) is 46.8 Å². The van der Waals surface area contributed by atoms with E-state index < -0.39 is 0 Å². The first kappa shape index (κ1) is 23.5. The Bertz CT molecular complexity index is 1240. The maximum atomic E-state index is 13.7. The fraction of sp³-hybridized carbons (Fsp3) is 0.481. The number of piperazine rings is 1. The lowest BCUT2D eigenvalue weighted by molar-refractivity contribution is -0.114. The van der Waals surface area contributed by atoms with Crippen LogP contribution in [0.2, 0.25) is 0 Å². The van der Waals surface area contributed by atoms with Crippen LogP contribution in [-0.4, -0.2) is 72.4 Å². The molecule has 1 unspecified atom stereocenters. The largest absolute Gasteiger partial charge is 0.497 e. The highest BCUT2D eigenvalue weighted by Crippen LogP contribution is 2.53. The molecule has 1 atom stereocenters. The van der Waals surface area contributed by atoms with Gasteiger partial charge in [-0.05, 0) is 63.9 Å². The predicted molar refractivity (Wildman–Crippen MR) is 136 cm³/mol. The Morgan fingerprint density at radius 3 is 2.57 bits per heavy atom. The van der Waals surface area contributed by atoms with Gasteiger partial charge in [0.15, 0.2) is 5.78 Å². The van der Waals surface area contributed by atoms with Gasteiger partial charge in [-0.1, -0.05) is 6.92 Å². The quantitative estimate of drug-likeness (QED) is 0.495. The predicted octanol–water partition coefficient (Wildman–Crippen LogP) is 3.44. The Hall–Kier alpha value is -3.26. The topological polar surface area (TPSA) is 78.9 Å². The molecule has 4 heterocycles. The molecule has 2 aromatic rings. The number of hydrogen-bond donors (Lipinski definition) is 0. The number of benzene rings is 1. The summed E-state index contributed by atoms with van der Waals surface area (Å²) in [5, 5.41) is 0. The Morgan fingerprint density at radius 1 is 1.20 bits per heavy atom. The van der Waals surface area contributed by atoms with E-state index in [1.165, 1.54) is 6.08 Å². The zero-order chi connectivity index (χ0) is 25.1. The average molecular weight is 476 g/mol. The molecule has 0 radical (unpaired) electrons. The Balaban J connectivity index is 1.52. The van der Waals surface area contributed by atoms with Gasteiger partial charge in [0, 0.05) is 43.5 Å². The van der Waals surface area contributed by atoms with Gasteiger partial charge < -0.3 is 19.4 Å². The minimum atomic E-state index is -0.353. The molecule has 0 N–H and O–H groups in total. The Labute approximate surface area is 206 Å². The number of allylic oxidation sites excluding steroid dienone is 1. The van der Waals surface area contributed by atoms with Crippen LogP contribution in [0.4, 0.5) is 11.6 Å². The number of likely N-dealkylation sites (N-methyl/N-ethyl adjacent to an activating group) is 1. The Morgan fingerprint density at radius 2 is 1.91 bits per heavy atom. The molecule has 1 saturated heterocycles. The molecule has 0 saturated carbocycles. The van der Waals surface area contributed by atoms with E-state index in [1.807, 2.05) is 24.0 Å². The number of carbonyl (C=O) groups excluding carboxylic acids is 2. The van der Waals surface area contributed by atoms with Crippen molar-refractivity contribution < 1.29 is 14.3 Å². The lowest BCUT2D eigenvalue weighted by Crippen LogP contribution is -2.49. The molecule has 3 aliphatic rings. The minimum absolute atomic E-state index is 0.146. The van der Waals surface area contributed by atoms with Gasteiger partial charge >= 0.3 is 0 Å². The van der Waals surface area contributed by atoms with E-state index in [2.05, 4.69) is 47.6 Å². The van der Waals surface area contributed by atoms with Gasteiger partial charge in [-0.3, -0.25) is 9.59 Å². The summed E-state index contributed by atoms with van der Waals surface area (Å²) in [6.07, 6.45) is 3.88. The monoisotopic (exact) mass is 475 g/mol. The van der Waals surface area contributed by atoms with E-state index in [9.17, 15) is 9.59 Å². The van der Waals surface area contributed by atoms with Crippen molar-refractivity contribution in [1.29, 1.82) is 0 Å². The number of amides is 1. The summed E-state index contributed by atoms with van der Waals surface area (Å²) in [6, 6.07) is 3.88. The number of aromatic nitrogens is 2. The van der Waals surface area contributed by atoms with Gasteiger partial charge in [-0.2, -0.15) is 0 Å². The van der Waals surface area contributed by atoms with Crippen LogP contribution in [0.15, 0.2) is 24.4 Å². The van der Waals surface area contributed by atoms with Gasteiger partial charge in [-0.15, -0.1) is 0 Å². The smallest absolute Gasteiger partial charge is 0.259 e. The molecule has 35 heavy (non-hydrogen) atoms. The highest BCUT2D eigenvalue weighted by Gasteiger charge is 2.47. The molecule has 184 valence electrons. The summed E-state index contributed by atoms with van der Waals surface area (Å²) in [4.78, 5) is 42.5. The summed E-state index contributed by atoms with van der Waals surface area (Å²) in [5.74, 6) is 1.19. The molecule has 1 aromatic heterocycles. The third-order valence-electron chi connectivity index (χ3n) is 7.53. The molecule has 8 nitrogen and oxygen atoms in total. The normalized spacial score (nSPS) is 22.5. The molecule has 1 amide bonds. The van der Waals surface area contributed by atoms with Crippen LogP contribution < -0.4 is 14.5 Å². The summed E-state index contributed by atoms with van der Waals surface area (Å²) < 4.78 is 5.54. The van der Waals surface area contributed by atoms with Gasteiger partial charge in [0.1, 0.15) is 5.75 Å². The standard InChI is InChI=1S/C27H33N5O3/c1-16-14-27(3,4)32-24-19(16)11-18(35-6)12-20(24)21(25(32)34)13-23(33)22-15-28-26(29-17(22)2)31-9-7-30(5)8-10-31/h11-13,15-16H,7-10,14H2,1-6H3/b21-13+. The minimum Gasteiger partial charge on any atom is -0.497 e. The van der Waals surface area contributed by atoms with Crippen LogP contribution in [-0.2, 0) is 4.79 Å². The van der Waals surface area contributed by atoms with Crippen LogP contribution in [0.5, 0.6) is 5.75 Å². The van der Waals surface area contributed by atoms with Crippen molar-refractivity contribution in [2.24, 2.45) is 0 Å². The fourth-order valence-electron chi connectivity index (χ4n) is 5.65. The van der Waals surface area contributed by atoms with Crippen LogP contribution >= 0.6 is 0 Å². The molecule has 0 aliphatic carbocycles. The number of aryl methyl sites for hydroxylation is 1. The van der Waals surface area contributed by atoms with Crippen molar-refractivity contribution in [1.82, 2.24) is 14.9 Å². The zero-order valence-electron chi connectivity index (χ0n) is 21.4. The SMILES string of the molecule is COc1cc2c3c(c1)C(C)CC(C)(C)N3C(=O)/C2=C/C(=O)c1cnc(N2CCN(C)CC2)nc1C. The molecule has 1 fully saturated rings. The summed E-state index contributed by atoms with van der Waals surface area (Å²) >= 11 is 0. The summed E-state index contributed by atoms with van der Waals surface area (Å²) in [7, 11) is 3.72. The second-order valence-electron chi connectivity index (χ2n) is 10.6. The average Bonchev–Trinajstić information content (AvgIpc) is 3.09. The fourth-order valence-corrected chi connectivity index (χ4v) is 5.65. The molecule has 5 rings (SSSR count). The van der Waals surface area contributed by atoms with Crippen LogP contribution in [0.3, 0.4) is 0 Å². The molecular weight excluding hydrogens is 442 g/mol. The third kappa shape index (κ3) is 3.89. The van der Waals surface area contributed by atoms with Crippen LogP contribution in [0.1, 0.15) is 60.3 Å². The number of rotatable bonds is 4. The van der Waals surface area contributed by atoms with Gasteiger partial charge in [0.25, 0.3) is 5.91 Å². The first-order valence-corrected chi connectivity index (χ1v) is 12.2. The van der Waals surface area contributed by atoms with Crippen LogP contribution in [0.25, 0.3) is 5.57 Å². The highest BCUT2D eigenvalue weighted by molar-refractivity contribution is 6.36. The van der Waals surface area contributed by atoms with Crippen molar-refractivity contribution in [2.75, 3.05) is 50.1 Å². The van der Waals surface area contributed by atoms with Gasteiger partial charge in [0.05, 0.1) is 29.6 Å². The zero-order valence-corrected chi connectivity index (χ0v) is 21.4. The second-order valence-corrected chi connectivity index (χ2v) is 10.6. The van der Waals surface area contributed by atoms with E-state index in [4.69, 9.17) is 4.74 Å². The molecule has 0 spiro atoms. The number of carbonyl (C=O) groups is 2. The van der Waals surface area contributed by atoms with Gasteiger partial charge in [-0.25, -0.2) is 9.97 Å². The van der Waals surface area contributed by atoms with E-state index >= 15 is 0 Å². The van der Waals surface area contributed by atoms with Crippen molar-refractivity contribution in [2.45, 2.75) is 45.6 Å². The number of nitrogens with zero attached hydrogens (tertiary/aromatic N) is 5. The van der Waals surface area contributed by atoms with E-state index in [0.717, 1.165) is 49.4 Å². The Kier molecular flexibility index (Phi) is 5.67. The van der Waals surface area contributed by atoms with E-state index in [0.29, 0.717) is 28.5 Å². The number of methoxy groups -OCH3 is 1. The number of anilines is 2. The first-order valence-electron chi connectivity index (χ1n) is 12.2. The van der Waals surface area contributed by atoms with Crippen LogP contribution in [0, 0.1) is 6.92 Å². The molecule has 1 aromatic carbocycles. The maximum absolute atomic E-state index is 13.7. The third-order valence-corrected chi connectivity index (χ3v) is 7.53. The molecular formula is C27H33N5O3. The highest BCUT2D eigenvalue weighted by atomic mass is 16.5. The van der Waals surface area contributed by atoms with E-state index in [1.54, 1.807) is 13.3 Å².